The Kier molecular flexibility index (Phi) is 3.41. The van der Waals surface area contributed by atoms with Crippen molar-refractivity contribution in [1.82, 2.24) is 9.61 Å². The Morgan fingerprint density at radius 2 is 1.82 bits per heavy atom. The second-order valence-corrected chi connectivity index (χ2v) is 5.36. The number of halogens is 4. The van der Waals surface area contributed by atoms with Crippen molar-refractivity contribution in [1.29, 1.82) is 0 Å². The summed E-state index contributed by atoms with van der Waals surface area (Å²) in [6.07, 6.45) is -3.12. The van der Waals surface area contributed by atoms with Gasteiger partial charge in [-0.3, -0.25) is 0 Å². The highest BCUT2D eigenvalue weighted by Gasteiger charge is 2.31. The van der Waals surface area contributed by atoms with Crippen LogP contribution in [0.15, 0.2) is 47.1 Å². The molecule has 7 heteroatoms. The van der Waals surface area contributed by atoms with Crippen molar-refractivity contribution in [2.24, 2.45) is 0 Å². The Hall–Kier alpha value is -2.33. The van der Waals surface area contributed by atoms with E-state index in [9.17, 15) is 13.2 Å². The highest BCUT2D eigenvalue weighted by molar-refractivity contribution is 9.10. The van der Waals surface area contributed by atoms with E-state index in [-0.39, 0.29) is 0 Å². The van der Waals surface area contributed by atoms with Crippen LogP contribution in [-0.2, 0) is 6.18 Å². The molecular weight excluding hydrogens is 359 g/mol. The van der Waals surface area contributed by atoms with Crippen molar-refractivity contribution >= 4 is 27.1 Å². The fourth-order valence-electron chi connectivity index (χ4n) is 2.07. The summed E-state index contributed by atoms with van der Waals surface area (Å²) in [5, 5.41) is 4.29. The first-order chi connectivity index (χ1) is 10.4. The van der Waals surface area contributed by atoms with Crippen LogP contribution in [0.4, 0.5) is 18.9 Å². The van der Waals surface area contributed by atoms with Crippen molar-refractivity contribution in [3.63, 3.8) is 0 Å². The zero-order valence-electron chi connectivity index (χ0n) is 10.9. The van der Waals surface area contributed by atoms with E-state index in [1.54, 1.807) is 24.3 Å². The molecule has 0 aliphatic heterocycles. The van der Waals surface area contributed by atoms with Gasteiger partial charge < -0.3 is 0 Å². The molecule has 2 heterocycles. The Morgan fingerprint density at radius 3 is 2.41 bits per heavy atom. The SMILES string of the molecule is [C-]#[N+]c1ccc(-c2nn3ccc(C(F)(F)F)cc3c2Br)cc1. The molecule has 0 fully saturated rings. The zero-order chi connectivity index (χ0) is 15.9. The van der Waals surface area contributed by atoms with Crippen molar-refractivity contribution < 1.29 is 13.2 Å². The molecular formula is C15H7BrF3N3. The lowest BCUT2D eigenvalue weighted by Gasteiger charge is -2.06. The van der Waals surface area contributed by atoms with Gasteiger partial charge in [0.1, 0.15) is 5.69 Å². The van der Waals surface area contributed by atoms with Crippen molar-refractivity contribution in [3.05, 3.63) is 64.0 Å². The van der Waals surface area contributed by atoms with Crippen LogP contribution in [0.5, 0.6) is 0 Å². The average Bonchev–Trinajstić information content (AvgIpc) is 2.83. The van der Waals surface area contributed by atoms with Gasteiger partial charge in [-0.05, 0) is 28.1 Å². The molecule has 0 aliphatic rings. The standard InChI is InChI=1S/C15H7BrF3N3/c1-20-11-4-2-9(3-5-11)14-13(16)12-8-10(15(17,18)19)6-7-22(12)21-14/h2-8H. The molecule has 3 aromatic rings. The molecule has 22 heavy (non-hydrogen) atoms. The Balaban J connectivity index is 2.15. The summed E-state index contributed by atoms with van der Waals surface area (Å²) in [5.41, 5.74) is 1.34. The summed E-state index contributed by atoms with van der Waals surface area (Å²) in [6, 6.07) is 8.74. The molecule has 0 atom stereocenters. The third-order valence-corrected chi connectivity index (χ3v) is 3.95. The number of aromatic nitrogens is 2. The quantitative estimate of drug-likeness (QED) is 0.534. The fraction of sp³-hybridized carbons (Fsp3) is 0.0667. The van der Waals surface area contributed by atoms with Gasteiger partial charge in [-0.25, -0.2) is 9.36 Å². The number of rotatable bonds is 1. The number of benzene rings is 1. The maximum absolute atomic E-state index is 12.8. The fourth-order valence-corrected chi connectivity index (χ4v) is 2.68. The van der Waals surface area contributed by atoms with Gasteiger partial charge in [-0.2, -0.15) is 18.3 Å². The number of fused-ring (bicyclic) bond motifs is 1. The molecule has 0 N–H and O–H groups in total. The van der Waals surface area contributed by atoms with Crippen LogP contribution in [0.25, 0.3) is 21.6 Å². The van der Waals surface area contributed by atoms with Gasteiger partial charge in [0.05, 0.1) is 22.1 Å². The molecule has 2 aromatic heterocycles. The summed E-state index contributed by atoms with van der Waals surface area (Å²) < 4.78 is 40.2. The first kappa shape index (κ1) is 14.6. The van der Waals surface area contributed by atoms with Crippen LogP contribution in [0.2, 0.25) is 0 Å². The third-order valence-electron chi connectivity index (χ3n) is 3.17. The van der Waals surface area contributed by atoms with Crippen molar-refractivity contribution in [2.45, 2.75) is 6.18 Å². The topological polar surface area (TPSA) is 21.7 Å². The van der Waals surface area contributed by atoms with Crippen LogP contribution in [0.1, 0.15) is 5.56 Å². The summed E-state index contributed by atoms with van der Waals surface area (Å²) in [5.74, 6) is 0. The summed E-state index contributed by atoms with van der Waals surface area (Å²) in [7, 11) is 0. The van der Waals surface area contributed by atoms with Gasteiger partial charge in [-0.15, -0.1) is 0 Å². The maximum atomic E-state index is 12.8. The predicted octanol–water partition coefficient (Wildman–Crippen LogP) is 5.33. The number of alkyl halides is 3. The number of nitrogens with zero attached hydrogens (tertiary/aromatic N) is 3. The molecule has 1 aromatic carbocycles. The van der Waals surface area contributed by atoms with Gasteiger partial charge in [0.25, 0.3) is 0 Å². The summed E-state index contributed by atoms with van der Waals surface area (Å²) in [4.78, 5) is 3.30. The first-order valence-corrected chi connectivity index (χ1v) is 6.92. The van der Waals surface area contributed by atoms with Crippen LogP contribution >= 0.6 is 15.9 Å². The van der Waals surface area contributed by atoms with Gasteiger partial charge in [0, 0.05) is 11.8 Å². The largest absolute Gasteiger partial charge is 0.416 e. The number of hydrogen-bond acceptors (Lipinski definition) is 1. The molecule has 0 unspecified atom stereocenters. The van der Waals surface area contributed by atoms with E-state index in [2.05, 4.69) is 25.9 Å². The molecule has 0 spiro atoms. The van der Waals surface area contributed by atoms with E-state index in [1.807, 2.05) is 0 Å². The molecule has 3 rings (SSSR count). The van der Waals surface area contributed by atoms with E-state index < -0.39 is 11.7 Å². The van der Waals surface area contributed by atoms with E-state index in [1.165, 1.54) is 10.7 Å². The van der Waals surface area contributed by atoms with Crippen LogP contribution in [0.3, 0.4) is 0 Å². The average molecular weight is 366 g/mol. The Morgan fingerprint density at radius 1 is 1.14 bits per heavy atom. The van der Waals surface area contributed by atoms with E-state index in [0.717, 1.165) is 17.7 Å². The Bertz CT molecular complexity index is 889. The number of pyridine rings is 1. The minimum atomic E-state index is -4.40. The molecule has 0 saturated carbocycles. The second kappa shape index (κ2) is 5.14. The lowest BCUT2D eigenvalue weighted by Crippen LogP contribution is -2.05. The molecule has 0 radical (unpaired) electrons. The molecule has 0 saturated heterocycles. The van der Waals surface area contributed by atoms with E-state index in [4.69, 9.17) is 6.57 Å². The third kappa shape index (κ3) is 2.46. The van der Waals surface area contributed by atoms with Gasteiger partial charge in [0.2, 0.25) is 0 Å². The monoisotopic (exact) mass is 365 g/mol. The number of hydrogen-bond donors (Lipinski definition) is 0. The van der Waals surface area contributed by atoms with E-state index >= 15 is 0 Å². The smallest absolute Gasteiger partial charge is 0.239 e. The van der Waals surface area contributed by atoms with Crippen molar-refractivity contribution in [2.75, 3.05) is 0 Å². The molecule has 3 nitrogen and oxygen atoms in total. The van der Waals surface area contributed by atoms with Crippen LogP contribution in [0, 0.1) is 6.57 Å². The summed E-state index contributed by atoms with van der Waals surface area (Å²) >= 11 is 3.31. The minimum absolute atomic E-state index is 0.332. The van der Waals surface area contributed by atoms with Gasteiger partial charge in [-0.1, -0.05) is 24.3 Å². The summed E-state index contributed by atoms with van der Waals surface area (Å²) in [6.45, 7) is 6.92. The van der Waals surface area contributed by atoms with E-state index in [0.29, 0.717) is 21.4 Å². The highest BCUT2D eigenvalue weighted by atomic mass is 79.9. The lowest BCUT2D eigenvalue weighted by molar-refractivity contribution is -0.137. The predicted molar refractivity (Wildman–Crippen MR) is 79.6 cm³/mol. The highest BCUT2D eigenvalue weighted by Crippen LogP contribution is 2.35. The van der Waals surface area contributed by atoms with Gasteiger partial charge in [0.15, 0.2) is 5.69 Å². The minimum Gasteiger partial charge on any atom is -0.239 e. The Labute approximate surface area is 131 Å². The molecule has 110 valence electrons. The molecule has 0 amide bonds. The maximum Gasteiger partial charge on any atom is 0.416 e. The normalized spacial score (nSPS) is 11.6. The zero-order valence-corrected chi connectivity index (χ0v) is 12.5. The van der Waals surface area contributed by atoms with Crippen LogP contribution < -0.4 is 0 Å². The first-order valence-electron chi connectivity index (χ1n) is 6.13. The lowest BCUT2D eigenvalue weighted by atomic mass is 10.1. The van der Waals surface area contributed by atoms with Crippen LogP contribution in [-0.4, -0.2) is 9.61 Å². The molecule has 0 bridgehead atoms. The van der Waals surface area contributed by atoms with Gasteiger partial charge >= 0.3 is 6.18 Å². The van der Waals surface area contributed by atoms with Crippen molar-refractivity contribution in [3.8, 4) is 11.3 Å². The molecule has 0 aliphatic carbocycles. The second-order valence-electron chi connectivity index (χ2n) is 4.56.